The van der Waals surface area contributed by atoms with Gasteiger partial charge in [0, 0.05) is 15.5 Å². The number of aliphatic hydroxyl groups excluding tert-OH is 1. The number of aliphatic hydroxyl groups is 1. The monoisotopic (exact) mass is 318 g/mol. The minimum atomic E-state index is -0.502. The molecule has 1 unspecified atom stereocenters. The predicted octanol–water partition coefficient (Wildman–Crippen LogP) is 3.94. The zero-order valence-electron chi connectivity index (χ0n) is 11.8. The van der Waals surface area contributed by atoms with Crippen molar-refractivity contribution in [2.45, 2.75) is 31.1 Å². The summed E-state index contributed by atoms with van der Waals surface area (Å²) in [5.74, 6) is 3.29. The van der Waals surface area contributed by atoms with Crippen LogP contribution in [-0.2, 0) is 18.6 Å². The maximum atomic E-state index is 10.7. The molecule has 0 saturated heterocycles. The molecule has 2 aliphatic heterocycles. The number of hydrogen-bond acceptors (Lipinski definition) is 4. The van der Waals surface area contributed by atoms with Crippen LogP contribution in [0.5, 0.6) is 5.75 Å². The average molecular weight is 318 g/mol. The third-order valence-electron chi connectivity index (χ3n) is 4.16. The molecule has 2 aliphatic rings. The first-order valence-electron chi connectivity index (χ1n) is 7.44. The Morgan fingerprint density at radius 3 is 3.00 bits per heavy atom. The van der Waals surface area contributed by atoms with E-state index in [1.807, 2.05) is 23.9 Å². The van der Waals surface area contributed by atoms with Gasteiger partial charge in [0.25, 0.3) is 0 Å². The molecule has 4 rings (SSSR count). The molecule has 1 aromatic heterocycles. The van der Waals surface area contributed by atoms with E-state index in [4.69, 9.17) is 4.74 Å². The lowest BCUT2D eigenvalue weighted by Crippen LogP contribution is -2.09. The Morgan fingerprint density at radius 2 is 2.10 bits per heavy atom. The molecule has 2 nitrogen and oxygen atoms in total. The van der Waals surface area contributed by atoms with Crippen LogP contribution >= 0.6 is 23.1 Å². The van der Waals surface area contributed by atoms with E-state index in [1.165, 1.54) is 21.8 Å². The molecule has 0 spiro atoms. The van der Waals surface area contributed by atoms with Gasteiger partial charge in [-0.15, -0.1) is 11.3 Å². The van der Waals surface area contributed by atoms with Crippen molar-refractivity contribution in [3.63, 3.8) is 0 Å². The molecule has 0 fully saturated rings. The van der Waals surface area contributed by atoms with Gasteiger partial charge in [0.05, 0.1) is 6.61 Å². The van der Waals surface area contributed by atoms with Crippen LogP contribution in [-0.4, -0.2) is 17.5 Å². The largest absolute Gasteiger partial charge is 0.493 e. The van der Waals surface area contributed by atoms with Crippen LogP contribution in [0.3, 0.4) is 0 Å². The maximum absolute atomic E-state index is 10.7. The fourth-order valence-corrected chi connectivity index (χ4v) is 5.41. The number of thiophene rings is 1. The molecule has 1 atom stereocenters. The van der Waals surface area contributed by atoms with Crippen molar-refractivity contribution in [2.75, 3.05) is 12.4 Å². The molecular formula is C17H18O2S2. The Hall–Kier alpha value is -0.970. The molecule has 4 heteroatoms. The SMILES string of the molecule is OC(c1ccc2c(c1)CCCO2)c1cc2c(s1)CCSC2. The van der Waals surface area contributed by atoms with E-state index in [-0.39, 0.29) is 0 Å². The van der Waals surface area contributed by atoms with Gasteiger partial charge in [-0.05, 0) is 59.9 Å². The number of hydrogen-bond donors (Lipinski definition) is 1. The summed E-state index contributed by atoms with van der Waals surface area (Å²) in [5.41, 5.74) is 3.65. The van der Waals surface area contributed by atoms with Crippen molar-refractivity contribution in [1.29, 1.82) is 0 Å². The molecule has 110 valence electrons. The summed E-state index contributed by atoms with van der Waals surface area (Å²) in [4.78, 5) is 2.54. The van der Waals surface area contributed by atoms with E-state index in [9.17, 15) is 5.11 Å². The summed E-state index contributed by atoms with van der Waals surface area (Å²) in [7, 11) is 0. The first-order valence-corrected chi connectivity index (χ1v) is 9.41. The predicted molar refractivity (Wildman–Crippen MR) is 88.5 cm³/mol. The summed E-state index contributed by atoms with van der Waals surface area (Å²) in [6.45, 7) is 0.810. The molecule has 0 bridgehead atoms. The molecule has 0 aliphatic carbocycles. The van der Waals surface area contributed by atoms with Gasteiger partial charge >= 0.3 is 0 Å². The third kappa shape index (κ3) is 2.60. The van der Waals surface area contributed by atoms with Crippen LogP contribution < -0.4 is 4.74 Å². The lowest BCUT2D eigenvalue weighted by Gasteiger charge is -2.19. The molecule has 0 amide bonds. The average Bonchev–Trinajstić information content (AvgIpc) is 2.97. The topological polar surface area (TPSA) is 29.5 Å². The van der Waals surface area contributed by atoms with Gasteiger partial charge in [0.2, 0.25) is 0 Å². The zero-order chi connectivity index (χ0) is 14.2. The van der Waals surface area contributed by atoms with Crippen molar-refractivity contribution >= 4 is 23.1 Å². The summed E-state index contributed by atoms with van der Waals surface area (Å²) in [6, 6.07) is 8.33. The minimum absolute atomic E-state index is 0.502. The molecule has 2 aromatic rings. The standard InChI is InChI=1S/C17H18O2S2/c18-17(16-9-13-10-20-7-5-15(13)21-16)12-3-4-14-11(8-12)2-1-6-19-14/h3-4,8-9,17-18H,1-2,5-7,10H2. The highest BCUT2D eigenvalue weighted by molar-refractivity contribution is 7.98. The molecule has 1 N–H and O–H groups in total. The van der Waals surface area contributed by atoms with Gasteiger partial charge in [-0.25, -0.2) is 0 Å². The van der Waals surface area contributed by atoms with Crippen LogP contribution in [0.2, 0.25) is 0 Å². The first kappa shape index (κ1) is 13.7. The van der Waals surface area contributed by atoms with E-state index < -0.39 is 6.10 Å². The van der Waals surface area contributed by atoms with Crippen LogP contribution in [0.4, 0.5) is 0 Å². The quantitative estimate of drug-likeness (QED) is 0.909. The normalized spacial score (nSPS) is 18.5. The van der Waals surface area contributed by atoms with E-state index in [1.54, 1.807) is 11.3 Å². The Kier molecular flexibility index (Phi) is 3.69. The highest BCUT2D eigenvalue weighted by Gasteiger charge is 2.20. The Balaban J connectivity index is 1.64. The number of aryl methyl sites for hydroxylation is 2. The number of thioether (sulfide) groups is 1. The number of ether oxygens (including phenoxy) is 1. The second-order valence-electron chi connectivity index (χ2n) is 5.62. The molecule has 3 heterocycles. The van der Waals surface area contributed by atoms with Gasteiger partial charge in [-0.1, -0.05) is 6.07 Å². The summed E-state index contributed by atoms with van der Waals surface area (Å²) < 4.78 is 5.65. The fraction of sp³-hybridized carbons (Fsp3) is 0.412. The van der Waals surface area contributed by atoms with E-state index in [0.717, 1.165) is 47.8 Å². The van der Waals surface area contributed by atoms with Gasteiger partial charge in [-0.2, -0.15) is 11.8 Å². The zero-order valence-corrected chi connectivity index (χ0v) is 13.4. The molecule has 21 heavy (non-hydrogen) atoms. The first-order chi connectivity index (χ1) is 10.3. The second kappa shape index (κ2) is 5.67. The highest BCUT2D eigenvalue weighted by atomic mass is 32.2. The summed E-state index contributed by atoms with van der Waals surface area (Å²) in [5, 5.41) is 10.7. The molecule has 0 radical (unpaired) electrons. The molecule has 0 saturated carbocycles. The summed E-state index contributed by atoms with van der Waals surface area (Å²) in [6.07, 6.45) is 2.76. The van der Waals surface area contributed by atoms with Crippen molar-refractivity contribution in [3.05, 3.63) is 50.7 Å². The second-order valence-corrected chi connectivity index (χ2v) is 7.89. The Morgan fingerprint density at radius 1 is 1.14 bits per heavy atom. The Labute approximate surface area is 133 Å². The summed E-state index contributed by atoms with van der Waals surface area (Å²) >= 11 is 3.77. The van der Waals surface area contributed by atoms with Gasteiger partial charge in [0.15, 0.2) is 0 Å². The van der Waals surface area contributed by atoms with Crippen LogP contribution in [0.15, 0.2) is 24.3 Å². The fourth-order valence-electron chi connectivity index (χ4n) is 3.02. The number of fused-ring (bicyclic) bond motifs is 2. The van der Waals surface area contributed by atoms with Gasteiger partial charge in [0.1, 0.15) is 11.9 Å². The third-order valence-corrected chi connectivity index (χ3v) is 6.46. The Bertz CT molecular complexity index is 639. The lowest BCUT2D eigenvalue weighted by molar-refractivity contribution is 0.223. The lowest BCUT2D eigenvalue weighted by atomic mass is 10.00. The molecular weight excluding hydrogens is 300 g/mol. The minimum Gasteiger partial charge on any atom is -0.493 e. The highest BCUT2D eigenvalue weighted by Crippen LogP contribution is 2.37. The van der Waals surface area contributed by atoms with Gasteiger partial charge < -0.3 is 9.84 Å². The van der Waals surface area contributed by atoms with Crippen molar-refractivity contribution in [3.8, 4) is 5.75 Å². The van der Waals surface area contributed by atoms with E-state index in [2.05, 4.69) is 12.1 Å². The number of rotatable bonds is 2. The van der Waals surface area contributed by atoms with Crippen molar-refractivity contribution in [2.24, 2.45) is 0 Å². The van der Waals surface area contributed by atoms with E-state index in [0.29, 0.717) is 0 Å². The smallest absolute Gasteiger partial charge is 0.122 e. The molecule has 1 aromatic carbocycles. The van der Waals surface area contributed by atoms with Gasteiger partial charge in [-0.3, -0.25) is 0 Å². The van der Waals surface area contributed by atoms with Crippen LogP contribution in [0.1, 0.15) is 39.0 Å². The van der Waals surface area contributed by atoms with Crippen molar-refractivity contribution < 1.29 is 9.84 Å². The number of benzene rings is 1. The van der Waals surface area contributed by atoms with E-state index >= 15 is 0 Å². The maximum Gasteiger partial charge on any atom is 0.122 e. The van der Waals surface area contributed by atoms with Crippen LogP contribution in [0.25, 0.3) is 0 Å². The van der Waals surface area contributed by atoms with Crippen LogP contribution in [0, 0.1) is 0 Å². The van der Waals surface area contributed by atoms with Crippen molar-refractivity contribution in [1.82, 2.24) is 0 Å².